The molecule has 1 rings (SSSR count). The number of methoxy groups -OCH3 is 2. The van der Waals surface area contributed by atoms with Crippen LogP contribution in [0.1, 0.15) is 12.5 Å². The van der Waals surface area contributed by atoms with Gasteiger partial charge in [0, 0.05) is 20.1 Å². The maximum absolute atomic E-state index is 5.34. The zero-order chi connectivity index (χ0) is 16.4. The Kier molecular flexibility index (Phi) is 7.89. The summed E-state index contributed by atoms with van der Waals surface area (Å²) in [6, 6.07) is 6.01. The molecule has 5 nitrogen and oxygen atoms in total. The molecule has 122 valence electrons. The molecule has 0 aromatic heterocycles. The van der Waals surface area contributed by atoms with Crippen LogP contribution in [-0.4, -0.2) is 51.8 Å². The Labute approximate surface area is 133 Å². The number of nitrogens with one attached hydrogen (secondary N) is 1. The largest absolute Gasteiger partial charge is 0.493 e. The summed E-state index contributed by atoms with van der Waals surface area (Å²) in [5.41, 5.74) is 1.20. The van der Waals surface area contributed by atoms with Gasteiger partial charge in [0.2, 0.25) is 0 Å². The molecule has 0 atom stereocenters. The van der Waals surface area contributed by atoms with Crippen LogP contribution in [0.15, 0.2) is 35.8 Å². The Hall–Kier alpha value is -2.17. The average Bonchev–Trinajstić information content (AvgIpc) is 2.56. The van der Waals surface area contributed by atoms with Crippen molar-refractivity contribution in [3.8, 4) is 11.5 Å². The van der Waals surface area contributed by atoms with E-state index >= 15 is 0 Å². The van der Waals surface area contributed by atoms with E-state index in [0.717, 1.165) is 37.0 Å². The molecule has 0 spiro atoms. The van der Waals surface area contributed by atoms with Gasteiger partial charge in [-0.2, -0.15) is 0 Å². The van der Waals surface area contributed by atoms with Gasteiger partial charge >= 0.3 is 0 Å². The number of aliphatic imine (C=N–C) groups is 1. The number of likely N-dealkylation sites (N-methyl/N-ethyl adjacent to an activating group) is 1. The molecule has 0 amide bonds. The number of hydrogen-bond acceptors (Lipinski definition) is 3. The van der Waals surface area contributed by atoms with Gasteiger partial charge in [-0.1, -0.05) is 12.1 Å². The number of hydrogen-bond donors (Lipinski definition) is 1. The molecule has 0 aliphatic rings. The number of benzene rings is 1. The van der Waals surface area contributed by atoms with E-state index in [2.05, 4.69) is 34.8 Å². The molecule has 0 unspecified atom stereocenters. The molecule has 0 aliphatic heterocycles. The van der Waals surface area contributed by atoms with Crippen LogP contribution in [0, 0.1) is 0 Å². The fourth-order valence-electron chi connectivity index (χ4n) is 2.06. The zero-order valence-corrected chi connectivity index (χ0v) is 14.1. The van der Waals surface area contributed by atoms with Crippen molar-refractivity contribution >= 4 is 5.96 Å². The summed E-state index contributed by atoms with van der Waals surface area (Å²) in [6.45, 7) is 8.08. The van der Waals surface area contributed by atoms with E-state index < -0.39 is 0 Å². The lowest BCUT2D eigenvalue weighted by Crippen LogP contribution is -2.40. The van der Waals surface area contributed by atoms with Gasteiger partial charge in [-0.05, 0) is 31.0 Å². The molecule has 1 aromatic carbocycles. The fourth-order valence-corrected chi connectivity index (χ4v) is 2.06. The van der Waals surface area contributed by atoms with Crippen molar-refractivity contribution in [2.45, 2.75) is 13.3 Å². The lowest BCUT2D eigenvalue weighted by molar-refractivity contribution is 0.354. The van der Waals surface area contributed by atoms with E-state index in [4.69, 9.17) is 9.47 Å². The van der Waals surface area contributed by atoms with Crippen LogP contribution in [0.25, 0.3) is 0 Å². The Balaban J connectivity index is 2.69. The normalized spacial score (nSPS) is 11.0. The molecular weight excluding hydrogens is 278 g/mol. The topological polar surface area (TPSA) is 46.1 Å². The molecule has 0 heterocycles. The molecule has 0 bridgehead atoms. The molecule has 0 fully saturated rings. The molecular formula is C17H27N3O2. The standard InChI is InChI=1S/C17H27N3O2/c1-6-11-19-17(18-7-2)20(3)12-10-14-8-9-15(21-4)16(13-14)22-5/h6,8-9,13H,1,7,10-12H2,2-5H3,(H,18,19). The van der Waals surface area contributed by atoms with Gasteiger partial charge < -0.3 is 19.7 Å². The molecule has 0 radical (unpaired) electrons. The zero-order valence-electron chi connectivity index (χ0n) is 14.1. The van der Waals surface area contributed by atoms with Crippen molar-refractivity contribution in [1.29, 1.82) is 0 Å². The van der Waals surface area contributed by atoms with E-state index in [9.17, 15) is 0 Å². The fraction of sp³-hybridized carbons (Fsp3) is 0.471. The number of nitrogens with zero attached hydrogens (tertiary/aromatic N) is 2. The molecule has 0 aliphatic carbocycles. The van der Waals surface area contributed by atoms with E-state index in [1.165, 1.54) is 5.56 Å². The summed E-state index contributed by atoms with van der Waals surface area (Å²) in [5.74, 6) is 2.40. The van der Waals surface area contributed by atoms with Gasteiger partial charge in [0.25, 0.3) is 0 Å². The molecule has 5 heteroatoms. The van der Waals surface area contributed by atoms with E-state index in [1.807, 2.05) is 19.2 Å². The second-order valence-corrected chi connectivity index (χ2v) is 4.84. The average molecular weight is 305 g/mol. The summed E-state index contributed by atoms with van der Waals surface area (Å²) in [7, 11) is 5.33. The van der Waals surface area contributed by atoms with Crippen LogP contribution in [-0.2, 0) is 6.42 Å². The van der Waals surface area contributed by atoms with Gasteiger partial charge in [0.15, 0.2) is 17.5 Å². The Bertz CT molecular complexity index is 501. The highest BCUT2D eigenvalue weighted by Gasteiger charge is 2.08. The van der Waals surface area contributed by atoms with Crippen LogP contribution >= 0.6 is 0 Å². The summed E-state index contributed by atoms with van der Waals surface area (Å²) in [6.07, 6.45) is 2.69. The van der Waals surface area contributed by atoms with Crippen LogP contribution in [0.5, 0.6) is 11.5 Å². The van der Waals surface area contributed by atoms with Gasteiger partial charge in [0.05, 0.1) is 20.8 Å². The molecule has 1 N–H and O–H groups in total. The lowest BCUT2D eigenvalue weighted by Gasteiger charge is -2.22. The minimum atomic E-state index is 0.614. The van der Waals surface area contributed by atoms with Crippen molar-refractivity contribution in [1.82, 2.24) is 10.2 Å². The number of rotatable bonds is 8. The smallest absolute Gasteiger partial charge is 0.193 e. The second-order valence-electron chi connectivity index (χ2n) is 4.84. The predicted octanol–water partition coefficient (Wildman–Crippen LogP) is 2.33. The summed E-state index contributed by atoms with van der Waals surface area (Å²) < 4.78 is 10.6. The Morgan fingerprint density at radius 3 is 2.64 bits per heavy atom. The number of ether oxygens (including phenoxy) is 2. The van der Waals surface area contributed by atoms with Crippen molar-refractivity contribution in [3.63, 3.8) is 0 Å². The second kappa shape index (κ2) is 9.71. The minimum absolute atomic E-state index is 0.614. The van der Waals surface area contributed by atoms with Crippen molar-refractivity contribution in [2.75, 3.05) is 40.9 Å². The first kappa shape index (κ1) is 17.9. The lowest BCUT2D eigenvalue weighted by atomic mass is 10.1. The van der Waals surface area contributed by atoms with Gasteiger partial charge in [-0.3, -0.25) is 0 Å². The third-order valence-electron chi connectivity index (χ3n) is 3.25. The molecule has 0 saturated carbocycles. The summed E-state index contributed by atoms with van der Waals surface area (Å²) >= 11 is 0. The van der Waals surface area contributed by atoms with E-state index in [0.29, 0.717) is 6.54 Å². The Morgan fingerprint density at radius 2 is 2.05 bits per heavy atom. The van der Waals surface area contributed by atoms with Gasteiger partial charge in [0.1, 0.15) is 0 Å². The van der Waals surface area contributed by atoms with Crippen molar-refractivity contribution in [3.05, 3.63) is 36.4 Å². The first-order valence-corrected chi connectivity index (χ1v) is 7.47. The maximum atomic E-state index is 5.34. The third-order valence-corrected chi connectivity index (χ3v) is 3.25. The highest BCUT2D eigenvalue weighted by molar-refractivity contribution is 5.79. The predicted molar refractivity (Wildman–Crippen MR) is 92.1 cm³/mol. The van der Waals surface area contributed by atoms with Crippen LogP contribution in [0.4, 0.5) is 0 Å². The van der Waals surface area contributed by atoms with Crippen LogP contribution < -0.4 is 14.8 Å². The van der Waals surface area contributed by atoms with E-state index in [1.54, 1.807) is 20.3 Å². The van der Waals surface area contributed by atoms with E-state index in [-0.39, 0.29) is 0 Å². The maximum Gasteiger partial charge on any atom is 0.193 e. The van der Waals surface area contributed by atoms with Crippen LogP contribution in [0.3, 0.4) is 0 Å². The molecule has 0 saturated heterocycles. The first-order chi connectivity index (χ1) is 10.7. The van der Waals surface area contributed by atoms with Crippen molar-refractivity contribution < 1.29 is 9.47 Å². The summed E-state index contributed by atoms with van der Waals surface area (Å²) in [4.78, 5) is 6.59. The van der Waals surface area contributed by atoms with Gasteiger partial charge in [-0.25, -0.2) is 4.99 Å². The first-order valence-electron chi connectivity index (χ1n) is 7.47. The summed E-state index contributed by atoms with van der Waals surface area (Å²) in [5, 5.41) is 3.28. The quantitative estimate of drug-likeness (QED) is 0.455. The highest BCUT2D eigenvalue weighted by atomic mass is 16.5. The SMILES string of the molecule is C=CCN=C(NCC)N(C)CCc1ccc(OC)c(OC)c1. The third kappa shape index (κ3) is 5.31. The van der Waals surface area contributed by atoms with Gasteiger partial charge in [-0.15, -0.1) is 6.58 Å². The Morgan fingerprint density at radius 1 is 1.32 bits per heavy atom. The monoisotopic (exact) mass is 305 g/mol. The minimum Gasteiger partial charge on any atom is -0.493 e. The number of guanidine groups is 1. The highest BCUT2D eigenvalue weighted by Crippen LogP contribution is 2.27. The molecule has 1 aromatic rings. The van der Waals surface area contributed by atoms with Crippen molar-refractivity contribution in [2.24, 2.45) is 4.99 Å². The van der Waals surface area contributed by atoms with Crippen LogP contribution in [0.2, 0.25) is 0 Å². The molecule has 22 heavy (non-hydrogen) atoms.